The molecule has 3 rings (SSSR count). The van der Waals surface area contributed by atoms with E-state index < -0.39 is 0 Å². The molecule has 0 amide bonds. The van der Waals surface area contributed by atoms with Gasteiger partial charge in [-0.2, -0.15) is 0 Å². The normalized spacial score (nSPS) is 11.5. The Balaban J connectivity index is 1.80. The van der Waals surface area contributed by atoms with Gasteiger partial charge in [0.05, 0.1) is 16.9 Å². The zero-order valence-electron chi connectivity index (χ0n) is 13.7. The molecule has 0 fully saturated rings. The number of benzene rings is 1. The number of anilines is 2. The number of nitrogens with two attached hydrogens (primary N) is 1. The number of fused-ring (bicyclic) bond motifs is 1. The minimum Gasteiger partial charge on any atom is -0.399 e. The van der Waals surface area contributed by atoms with E-state index in [-0.39, 0.29) is 0 Å². The molecule has 0 radical (unpaired) electrons. The van der Waals surface area contributed by atoms with Gasteiger partial charge in [-0.05, 0) is 42.8 Å². The molecule has 0 bridgehead atoms. The maximum atomic E-state index is 6.01. The number of hydrogen-bond acceptors (Lipinski definition) is 6. The Labute approximate surface area is 140 Å². The van der Waals surface area contributed by atoms with E-state index in [1.807, 2.05) is 43.3 Å². The molecule has 0 unspecified atom stereocenters. The lowest BCUT2D eigenvalue weighted by Gasteiger charge is -2.10. The highest BCUT2D eigenvalue weighted by atomic mass is 16.6. The highest BCUT2D eigenvalue weighted by molar-refractivity contribution is 5.97. The van der Waals surface area contributed by atoms with Gasteiger partial charge in [0.2, 0.25) is 0 Å². The minimum atomic E-state index is 0.589. The molecular weight excluding hydrogens is 302 g/mol. The Morgan fingerprint density at radius 3 is 2.96 bits per heavy atom. The maximum Gasteiger partial charge on any atom is 0.150 e. The van der Waals surface area contributed by atoms with Crippen LogP contribution in [-0.2, 0) is 11.4 Å². The second-order valence-corrected chi connectivity index (χ2v) is 5.38. The van der Waals surface area contributed by atoms with Crippen LogP contribution in [0.2, 0.25) is 0 Å². The van der Waals surface area contributed by atoms with Gasteiger partial charge in [-0.3, -0.25) is 4.98 Å². The molecule has 0 saturated heterocycles. The summed E-state index contributed by atoms with van der Waals surface area (Å²) >= 11 is 0. The highest BCUT2D eigenvalue weighted by Crippen LogP contribution is 2.19. The molecular formula is C18H19N5O. The number of aromatic nitrogens is 2. The van der Waals surface area contributed by atoms with Crippen LogP contribution in [0.3, 0.4) is 0 Å². The van der Waals surface area contributed by atoms with Gasteiger partial charge < -0.3 is 15.9 Å². The molecule has 1 aromatic carbocycles. The van der Waals surface area contributed by atoms with Gasteiger partial charge in [-0.1, -0.05) is 17.3 Å². The Morgan fingerprint density at radius 2 is 2.12 bits per heavy atom. The molecule has 2 aromatic heterocycles. The van der Waals surface area contributed by atoms with Crippen molar-refractivity contribution in [2.24, 2.45) is 5.16 Å². The lowest BCUT2D eigenvalue weighted by Crippen LogP contribution is -2.08. The van der Waals surface area contributed by atoms with Gasteiger partial charge in [0.25, 0.3) is 0 Å². The van der Waals surface area contributed by atoms with E-state index in [2.05, 4.69) is 26.5 Å². The molecule has 0 spiro atoms. The van der Waals surface area contributed by atoms with E-state index in [9.17, 15) is 0 Å². The fourth-order valence-electron chi connectivity index (χ4n) is 2.42. The van der Waals surface area contributed by atoms with Crippen LogP contribution in [0.5, 0.6) is 0 Å². The first-order chi connectivity index (χ1) is 11.7. The fourth-order valence-corrected chi connectivity index (χ4v) is 2.42. The summed E-state index contributed by atoms with van der Waals surface area (Å²) in [7, 11) is 1.51. The molecule has 0 aliphatic carbocycles. The maximum absolute atomic E-state index is 6.01. The number of hydrogen-bond donors (Lipinski definition) is 2. The molecule has 0 aliphatic heterocycles. The molecule has 3 aromatic rings. The van der Waals surface area contributed by atoms with E-state index in [1.165, 1.54) is 7.11 Å². The third-order valence-corrected chi connectivity index (χ3v) is 3.65. The molecule has 0 saturated carbocycles. The molecule has 0 aliphatic rings. The fraction of sp³-hybridized carbons (Fsp3) is 0.167. The van der Waals surface area contributed by atoms with Crippen molar-refractivity contribution in [3.05, 3.63) is 59.9 Å². The predicted octanol–water partition coefficient (Wildman–Crippen LogP) is 3.19. The van der Waals surface area contributed by atoms with Crippen molar-refractivity contribution in [3.63, 3.8) is 0 Å². The molecule has 24 heavy (non-hydrogen) atoms. The van der Waals surface area contributed by atoms with Crippen LogP contribution in [0.1, 0.15) is 18.2 Å². The van der Waals surface area contributed by atoms with E-state index in [4.69, 9.17) is 10.6 Å². The summed E-state index contributed by atoms with van der Waals surface area (Å²) in [5, 5.41) is 8.28. The summed E-state index contributed by atoms with van der Waals surface area (Å²) in [4.78, 5) is 13.6. The van der Waals surface area contributed by atoms with E-state index in [0.29, 0.717) is 23.8 Å². The zero-order valence-corrected chi connectivity index (χ0v) is 13.7. The Morgan fingerprint density at radius 1 is 1.25 bits per heavy atom. The Kier molecular flexibility index (Phi) is 4.56. The largest absolute Gasteiger partial charge is 0.399 e. The van der Waals surface area contributed by atoms with Gasteiger partial charge in [0, 0.05) is 18.1 Å². The van der Waals surface area contributed by atoms with Crippen molar-refractivity contribution in [1.29, 1.82) is 0 Å². The van der Waals surface area contributed by atoms with Gasteiger partial charge in [-0.25, -0.2) is 4.98 Å². The number of nitrogen functional groups attached to an aromatic ring is 1. The van der Waals surface area contributed by atoms with Crippen LogP contribution >= 0.6 is 0 Å². The number of oxime groups is 1. The molecule has 2 heterocycles. The Bertz CT molecular complexity index is 891. The third-order valence-electron chi connectivity index (χ3n) is 3.65. The zero-order chi connectivity index (χ0) is 16.9. The van der Waals surface area contributed by atoms with Gasteiger partial charge >= 0.3 is 0 Å². The molecule has 6 heteroatoms. The molecule has 6 nitrogen and oxygen atoms in total. The van der Waals surface area contributed by atoms with Gasteiger partial charge in [0.15, 0.2) is 0 Å². The van der Waals surface area contributed by atoms with Crippen molar-refractivity contribution in [3.8, 4) is 0 Å². The van der Waals surface area contributed by atoms with Crippen molar-refractivity contribution in [2.45, 2.75) is 13.5 Å². The number of nitrogens with one attached hydrogen (secondary N) is 1. The summed E-state index contributed by atoms with van der Waals surface area (Å²) in [6.07, 6.45) is 1.79. The van der Waals surface area contributed by atoms with Crippen molar-refractivity contribution < 1.29 is 4.84 Å². The first-order valence-electron chi connectivity index (χ1n) is 7.59. The van der Waals surface area contributed by atoms with Crippen LogP contribution in [0.4, 0.5) is 11.5 Å². The number of nitrogens with zero attached hydrogens (tertiary/aromatic N) is 3. The predicted molar refractivity (Wildman–Crippen MR) is 96.9 cm³/mol. The topological polar surface area (TPSA) is 85.4 Å². The summed E-state index contributed by atoms with van der Waals surface area (Å²) in [6.45, 7) is 2.45. The quantitative estimate of drug-likeness (QED) is 0.557. The first kappa shape index (κ1) is 15.7. The number of rotatable bonds is 5. The van der Waals surface area contributed by atoms with Gasteiger partial charge in [-0.15, -0.1) is 0 Å². The summed E-state index contributed by atoms with van der Waals surface area (Å²) in [5.74, 6) is 0.629. The lowest BCUT2D eigenvalue weighted by molar-refractivity contribution is 0.213. The van der Waals surface area contributed by atoms with Crippen LogP contribution in [0, 0.1) is 0 Å². The molecule has 3 N–H and O–H groups in total. The Hall–Kier alpha value is -3.15. The number of pyridine rings is 2. The lowest BCUT2D eigenvalue weighted by atomic mass is 10.1. The summed E-state index contributed by atoms with van der Waals surface area (Å²) in [5.41, 5.74) is 10.1. The standard InChI is InChI=1S/C18H19N5O/c1-12(23-24-2)16-8-6-15(19)18(22-16)21-11-13-5-7-17-14(10-13)4-3-9-20-17/h3-10H,11,19H2,1-2H3,(H,21,22)/b23-12+. The summed E-state index contributed by atoms with van der Waals surface area (Å²) < 4.78 is 0. The van der Waals surface area contributed by atoms with Gasteiger partial charge in [0.1, 0.15) is 18.6 Å². The first-order valence-corrected chi connectivity index (χ1v) is 7.59. The van der Waals surface area contributed by atoms with Crippen LogP contribution in [-0.4, -0.2) is 22.8 Å². The van der Waals surface area contributed by atoms with E-state index >= 15 is 0 Å². The van der Waals surface area contributed by atoms with Crippen LogP contribution in [0.15, 0.2) is 53.8 Å². The second-order valence-electron chi connectivity index (χ2n) is 5.38. The van der Waals surface area contributed by atoms with E-state index in [0.717, 1.165) is 22.2 Å². The second kappa shape index (κ2) is 6.95. The average Bonchev–Trinajstić information content (AvgIpc) is 2.61. The van der Waals surface area contributed by atoms with Crippen molar-refractivity contribution in [1.82, 2.24) is 9.97 Å². The van der Waals surface area contributed by atoms with E-state index in [1.54, 1.807) is 6.20 Å². The van der Waals surface area contributed by atoms with Crippen molar-refractivity contribution in [2.75, 3.05) is 18.2 Å². The highest BCUT2D eigenvalue weighted by Gasteiger charge is 2.06. The van der Waals surface area contributed by atoms with Crippen LogP contribution < -0.4 is 11.1 Å². The van der Waals surface area contributed by atoms with Crippen LogP contribution in [0.25, 0.3) is 10.9 Å². The van der Waals surface area contributed by atoms with Crippen molar-refractivity contribution >= 4 is 28.1 Å². The monoisotopic (exact) mass is 321 g/mol. The third kappa shape index (κ3) is 3.43. The smallest absolute Gasteiger partial charge is 0.150 e. The summed E-state index contributed by atoms with van der Waals surface area (Å²) in [6, 6.07) is 13.8. The molecule has 0 atom stereocenters. The average molecular weight is 321 g/mol. The minimum absolute atomic E-state index is 0.589. The molecule has 122 valence electrons. The SMILES string of the molecule is CO/N=C(\C)c1ccc(N)c(NCc2ccc3ncccc3c2)n1.